The van der Waals surface area contributed by atoms with Crippen molar-refractivity contribution < 1.29 is 14.7 Å². The molecular weight excluding hydrogens is 332 g/mol. The Morgan fingerprint density at radius 3 is 2.73 bits per heavy atom. The molecule has 7 nitrogen and oxygen atoms in total. The molecule has 1 aliphatic rings. The lowest BCUT2D eigenvalue weighted by Gasteiger charge is -2.16. The molecule has 0 unspecified atom stereocenters. The van der Waals surface area contributed by atoms with E-state index in [1.165, 1.54) is 11.1 Å². The number of aryl methyl sites for hydroxylation is 3. The number of carbonyl (C=O) groups is 2. The molecular formula is C19H24N4O3. The van der Waals surface area contributed by atoms with Crippen molar-refractivity contribution in [3.63, 3.8) is 0 Å². The minimum atomic E-state index is -0.854. The second-order valence-electron chi connectivity index (χ2n) is 7.08. The molecule has 1 aromatic heterocycles. The second-order valence-corrected chi connectivity index (χ2v) is 7.08. The van der Waals surface area contributed by atoms with Crippen molar-refractivity contribution in [3.05, 3.63) is 46.8 Å². The molecule has 1 aromatic carbocycles. The normalized spacial score (nSPS) is 19.7. The average molecular weight is 356 g/mol. The third-order valence-corrected chi connectivity index (χ3v) is 5.24. The van der Waals surface area contributed by atoms with Crippen LogP contribution in [0.1, 0.15) is 41.1 Å². The van der Waals surface area contributed by atoms with Crippen molar-refractivity contribution in [2.45, 2.75) is 39.0 Å². The molecule has 1 aliphatic heterocycles. The van der Waals surface area contributed by atoms with E-state index in [1.54, 1.807) is 11.1 Å². The number of amides is 1. The minimum absolute atomic E-state index is 0.0263. The molecule has 0 spiro atoms. The number of nitrogens with zero attached hydrogens (tertiary/aromatic N) is 3. The van der Waals surface area contributed by atoms with Crippen LogP contribution in [0, 0.1) is 19.8 Å². The molecule has 0 bridgehead atoms. The lowest BCUT2D eigenvalue weighted by Crippen LogP contribution is -2.29. The highest BCUT2D eigenvalue weighted by atomic mass is 16.4. The van der Waals surface area contributed by atoms with Gasteiger partial charge >= 0.3 is 5.97 Å². The average Bonchev–Trinajstić information content (AvgIpc) is 3.24. The molecule has 3 rings (SSSR count). The lowest BCUT2D eigenvalue weighted by atomic mass is 9.91. The Balaban J connectivity index is 1.63. The summed E-state index contributed by atoms with van der Waals surface area (Å²) in [5, 5.41) is 19.6. The quantitative estimate of drug-likeness (QED) is 0.825. The maximum Gasteiger partial charge on any atom is 0.303 e. The van der Waals surface area contributed by atoms with Crippen molar-refractivity contribution in [1.82, 2.24) is 20.3 Å². The number of benzene rings is 1. The third kappa shape index (κ3) is 4.09. The van der Waals surface area contributed by atoms with Crippen molar-refractivity contribution in [2.24, 2.45) is 5.92 Å². The largest absolute Gasteiger partial charge is 0.481 e. The zero-order chi connectivity index (χ0) is 18.7. The zero-order valence-electron chi connectivity index (χ0n) is 15.1. The predicted molar refractivity (Wildman–Crippen MR) is 95.7 cm³/mol. The number of aromatic nitrogens is 3. The Bertz CT molecular complexity index is 788. The minimum Gasteiger partial charge on any atom is -0.481 e. The second kappa shape index (κ2) is 7.68. The standard InChI is InChI=1S/C19H24N4O3/c1-12-3-4-14(7-13(12)2)5-6-18(24)23-10-15(8-19(25)26)16(11-23)17-9-20-22-21-17/h3-4,7,9,15-16H,5-6,8,10-11H2,1-2H3,(H,25,26)(H,20,21,22)/t15-,16+/m1/s1. The summed E-state index contributed by atoms with van der Waals surface area (Å²) in [6, 6.07) is 6.26. The van der Waals surface area contributed by atoms with E-state index in [0.29, 0.717) is 25.9 Å². The van der Waals surface area contributed by atoms with E-state index in [4.69, 9.17) is 5.11 Å². The van der Waals surface area contributed by atoms with Gasteiger partial charge in [-0.3, -0.25) is 9.59 Å². The topological polar surface area (TPSA) is 99.2 Å². The Hall–Kier alpha value is -2.70. The summed E-state index contributed by atoms with van der Waals surface area (Å²) < 4.78 is 0. The van der Waals surface area contributed by atoms with E-state index in [-0.39, 0.29) is 24.2 Å². The molecule has 0 radical (unpaired) electrons. The van der Waals surface area contributed by atoms with Gasteiger partial charge in [0.25, 0.3) is 0 Å². The van der Waals surface area contributed by atoms with E-state index in [1.807, 2.05) is 0 Å². The van der Waals surface area contributed by atoms with E-state index in [2.05, 4.69) is 47.5 Å². The fourth-order valence-corrected chi connectivity index (χ4v) is 3.60. The van der Waals surface area contributed by atoms with Gasteiger partial charge in [-0.15, -0.1) is 0 Å². The number of rotatable bonds is 6. The maximum absolute atomic E-state index is 12.7. The molecule has 1 amide bonds. The number of aromatic amines is 1. The fourth-order valence-electron chi connectivity index (χ4n) is 3.60. The summed E-state index contributed by atoms with van der Waals surface area (Å²) in [4.78, 5) is 25.6. The van der Waals surface area contributed by atoms with Crippen LogP contribution in [0.15, 0.2) is 24.4 Å². The Labute approximate surface area is 152 Å². The summed E-state index contributed by atoms with van der Waals surface area (Å²) in [6.45, 7) is 5.09. The summed E-state index contributed by atoms with van der Waals surface area (Å²) in [5.41, 5.74) is 4.34. The number of carboxylic acid groups (broad SMARTS) is 1. The SMILES string of the molecule is Cc1ccc(CCC(=O)N2C[C@@H](CC(=O)O)[C@@H](c3cn[nH]n3)C2)cc1C. The van der Waals surface area contributed by atoms with Crippen LogP contribution in [-0.2, 0) is 16.0 Å². The first-order chi connectivity index (χ1) is 12.4. The molecule has 2 atom stereocenters. The zero-order valence-corrected chi connectivity index (χ0v) is 15.1. The van der Waals surface area contributed by atoms with Crippen LogP contribution in [0.5, 0.6) is 0 Å². The van der Waals surface area contributed by atoms with Crippen molar-refractivity contribution in [2.75, 3.05) is 13.1 Å². The Kier molecular flexibility index (Phi) is 5.35. The molecule has 1 fully saturated rings. The van der Waals surface area contributed by atoms with Crippen LogP contribution < -0.4 is 0 Å². The van der Waals surface area contributed by atoms with Crippen molar-refractivity contribution in [1.29, 1.82) is 0 Å². The van der Waals surface area contributed by atoms with E-state index >= 15 is 0 Å². The van der Waals surface area contributed by atoms with Crippen LogP contribution in [0.25, 0.3) is 0 Å². The van der Waals surface area contributed by atoms with Crippen molar-refractivity contribution >= 4 is 11.9 Å². The monoisotopic (exact) mass is 356 g/mol. The van der Waals surface area contributed by atoms with Crippen molar-refractivity contribution in [3.8, 4) is 0 Å². The lowest BCUT2D eigenvalue weighted by molar-refractivity contribution is -0.138. The number of carboxylic acids is 1. The molecule has 2 aromatic rings. The number of H-pyrrole nitrogens is 1. The molecule has 138 valence electrons. The van der Waals surface area contributed by atoms with E-state index < -0.39 is 5.97 Å². The molecule has 1 saturated heterocycles. The van der Waals surface area contributed by atoms with Gasteiger partial charge in [0.1, 0.15) is 0 Å². The summed E-state index contributed by atoms with van der Waals surface area (Å²) in [6.07, 6.45) is 2.75. The first-order valence-corrected chi connectivity index (χ1v) is 8.85. The van der Waals surface area contributed by atoms with Gasteiger partial charge in [-0.05, 0) is 42.9 Å². The number of aliphatic carboxylic acids is 1. The molecule has 2 heterocycles. The first-order valence-electron chi connectivity index (χ1n) is 8.85. The number of likely N-dealkylation sites (tertiary alicyclic amines) is 1. The first kappa shape index (κ1) is 18.1. The highest BCUT2D eigenvalue weighted by molar-refractivity contribution is 5.77. The predicted octanol–water partition coefficient (Wildman–Crippen LogP) is 2.07. The van der Waals surface area contributed by atoms with Gasteiger partial charge in [-0.1, -0.05) is 18.2 Å². The summed E-state index contributed by atoms with van der Waals surface area (Å²) in [5.74, 6) is -1.02. The van der Waals surface area contributed by atoms with Gasteiger partial charge in [0.2, 0.25) is 5.91 Å². The fraction of sp³-hybridized carbons (Fsp3) is 0.474. The van der Waals surface area contributed by atoms with Gasteiger partial charge in [0.15, 0.2) is 0 Å². The number of hydrogen-bond acceptors (Lipinski definition) is 4. The third-order valence-electron chi connectivity index (χ3n) is 5.24. The smallest absolute Gasteiger partial charge is 0.303 e. The van der Waals surface area contributed by atoms with Gasteiger partial charge in [-0.2, -0.15) is 15.4 Å². The molecule has 0 saturated carbocycles. The number of nitrogens with one attached hydrogen (secondary N) is 1. The number of hydrogen-bond donors (Lipinski definition) is 2. The van der Waals surface area contributed by atoms with Gasteiger partial charge in [0.05, 0.1) is 18.3 Å². The number of carbonyl (C=O) groups excluding carboxylic acids is 1. The van der Waals surface area contributed by atoms with Crippen LogP contribution >= 0.6 is 0 Å². The highest BCUT2D eigenvalue weighted by Crippen LogP contribution is 2.34. The molecule has 2 N–H and O–H groups in total. The van der Waals surface area contributed by atoms with Gasteiger partial charge in [0, 0.05) is 25.4 Å². The van der Waals surface area contributed by atoms with E-state index in [0.717, 1.165) is 11.3 Å². The summed E-state index contributed by atoms with van der Waals surface area (Å²) in [7, 11) is 0. The summed E-state index contributed by atoms with van der Waals surface area (Å²) >= 11 is 0. The van der Waals surface area contributed by atoms with Crippen LogP contribution in [0.3, 0.4) is 0 Å². The maximum atomic E-state index is 12.7. The van der Waals surface area contributed by atoms with Gasteiger partial charge in [-0.25, -0.2) is 0 Å². The Morgan fingerprint density at radius 2 is 2.08 bits per heavy atom. The van der Waals surface area contributed by atoms with Crippen LogP contribution in [-0.4, -0.2) is 50.4 Å². The van der Waals surface area contributed by atoms with Gasteiger partial charge < -0.3 is 10.0 Å². The van der Waals surface area contributed by atoms with Crippen LogP contribution in [0.4, 0.5) is 0 Å². The van der Waals surface area contributed by atoms with Crippen LogP contribution in [0.2, 0.25) is 0 Å². The molecule has 26 heavy (non-hydrogen) atoms. The van der Waals surface area contributed by atoms with E-state index in [9.17, 15) is 9.59 Å². The highest BCUT2D eigenvalue weighted by Gasteiger charge is 2.38. The molecule has 7 heteroatoms. The Morgan fingerprint density at radius 1 is 1.27 bits per heavy atom. The molecule has 0 aliphatic carbocycles.